The fraction of sp³-hybridized carbons (Fsp3) is 0.0870. The maximum Gasteiger partial charge on any atom is 3.00 e. The maximum atomic E-state index is 4.91. The molecule has 0 amide bonds. The summed E-state index contributed by atoms with van der Waals surface area (Å²) < 4.78 is 2.14. The molecule has 54 heavy (non-hydrogen) atoms. The van der Waals surface area contributed by atoms with Crippen LogP contribution in [0.1, 0.15) is 26.3 Å². The second-order valence-electron chi connectivity index (χ2n) is 12.5. The Balaban J connectivity index is 0.000000414. The summed E-state index contributed by atoms with van der Waals surface area (Å²) in [5.41, 5.74) is 10.5. The zero-order valence-electron chi connectivity index (χ0n) is 30.6. The van der Waals surface area contributed by atoms with E-state index in [4.69, 9.17) is 4.98 Å². The van der Waals surface area contributed by atoms with Gasteiger partial charge in [-0.05, 0) is 52.8 Å². The largest absolute Gasteiger partial charge is 3.00 e. The molecule has 8 aromatic rings. The number of aromatic nitrogens is 4. The second kappa shape index (κ2) is 21.8. The molecule has 0 atom stereocenters. The number of hydrogen-bond acceptors (Lipinski definition) is 3. The minimum atomic E-state index is 0. The van der Waals surface area contributed by atoms with E-state index in [0.29, 0.717) is 5.69 Å². The van der Waals surface area contributed by atoms with Crippen molar-refractivity contribution in [1.29, 1.82) is 0 Å². The molecule has 3 aromatic heterocycles. The van der Waals surface area contributed by atoms with Crippen molar-refractivity contribution in [3.05, 3.63) is 189 Å². The molecule has 8 rings (SSSR count). The fourth-order valence-electron chi connectivity index (χ4n) is 5.47. The van der Waals surface area contributed by atoms with Gasteiger partial charge in [0.2, 0.25) is 0 Å². The Morgan fingerprint density at radius 2 is 1.33 bits per heavy atom. The van der Waals surface area contributed by atoms with Gasteiger partial charge in [-0.1, -0.05) is 63.4 Å². The second-order valence-corrected chi connectivity index (χ2v) is 12.5. The molecular formula is C46H35BIrN4Y2-4. The van der Waals surface area contributed by atoms with E-state index in [1.54, 1.807) is 0 Å². The van der Waals surface area contributed by atoms with Gasteiger partial charge in [-0.15, -0.1) is 42.0 Å². The van der Waals surface area contributed by atoms with E-state index in [0.717, 1.165) is 56.1 Å². The average molecular weight is 1020 g/mol. The van der Waals surface area contributed by atoms with Crippen LogP contribution >= 0.6 is 0 Å². The number of fused-ring (bicyclic) bond motifs is 1. The molecule has 0 saturated carbocycles. The van der Waals surface area contributed by atoms with Crippen LogP contribution in [0.2, 0.25) is 0 Å². The van der Waals surface area contributed by atoms with Crippen molar-refractivity contribution >= 4 is 19.4 Å². The Kier molecular flexibility index (Phi) is 18.9. The summed E-state index contributed by atoms with van der Waals surface area (Å²) in [4.78, 5) is 13.8. The molecule has 0 bridgehead atoms. The van der Waals surface area contributed by atoms with Gasteiger partial charge in [0.25, 0.3) is 0 Å². The molecule has 0 fully saturated rings. The zero-order valence-corrected chi connectivity index (χ0v) is 38.7. The summed E-state index contributed by atoms with van der Waals surface area (Å²) in [7, 11) is 0. The topological polar surface area (TPSA) is 43.6 Å². The third-order valence-corrected chi connectivity index (χ3v) is 8.04. The first-order chi connectivity index (χ1) is 23.9. The Bertz CT molecular complexity index is 2310. The van der Waals surface area contributed by atoms with Crippen LogP contribution in [-0.2, 0) is 90.9 Å². The molecule has 4 nitrogen and oxygen atoms in total. The molecule has 0 aliphatic carbocycles. The summed E-state index contributed by atoms with van der Waals surface area (Å²) in [6, 6.07) is 60.4. The van der Waals surface area contributed by atoms with E-state index in [9.17, 15) is 0 Å². The van der Waals surface area contributed by atoms with Crippen LogP contribution in [0.15, 0.2) is 140 Å². The molecular weight excluding hydrogens is 989 g/mol. The molecule has 261 valence electrons. The predicted octanol–water partition coefficient (Wildman–Crippen LogP) is 10.3. The molecule has 0 aliphatic heterocycles. The van der Waals surface area contributed by atoms with Gasteiger partial charge in [-0.2, -0.15) is 30.0 Å². The number of pyridine rings is 2. The van der Waals surface area contributed by atoms with E-state index in [2.05, 4.69) is 102 Å². The summed E-state index contributed by atoms with van der Waals surface area (Å²) in [5.74, 6) is 0.781. The van der Waals surface area contributed by atoms with Gasteiger partial charge in [0.1, 0.15) is 0 Å². The Morgan fingerprint density at radius 3 is 1.98 bits per heavy atom. The van der Waals surface area contributed by atoms with E-state index in [1.807, 2.05) is 109 Å². The van der Waals surface area contributed by atoms with Gasteiger partial charge >= 0.3 is 32.7 Å². The van der Waals surface area contributed by atoms with Crippen LogP contribution in [0, 0.1) is 44.0 Å². The summed E-state index contributed by atoms with van der Waals surface area (Å²) >= 11 is 0. The van der Waals surface area contributed by atoms with Crippen molar-refractivity contribution < 1.29 is 85.5 Å². The van der Waals surface area contributed by atoms with Crippen LogP contribution < -0.4 is 0 Å². The third-order valence-electron chi connectivity index (χ3n) is 8.04. The Hall–Kier alpha value is -3.21. The molecule has 5 radical (unpaired) electrons. The number of para-hydroxylation sites is 3. The average Bonchev–Trinajstić information content (AvgIpc) is 3.56. The first kappa shape index (κ1) is 46.9. The first-order valence-electron chi connectivity index (χ1n) is 16.1. The maximum absolute atomic E-state index is 4.91. The van der Waals surface area contributed by atoms with Crippen molar-refractivity contribution in [2.75, 3.05) is 0 Å². The minimum absolute atomic E-state index is 0. The van der Waals surface area contributed by atoms with Gasteiger partial charge in [-0.25, -0.2) is 23.3 Å². The first-order valence-corrected chi connectivity index (χ1v) is 16.1. The molecule has 8 heteroatoms. The van der Waals surface area contributed by atoms with E-state index in [1.165, 1.54) is 5.56 Å². The third kappa shape index (κ3) is 11.2. The minimum Gasteiger partial charge on any atom is -0.391 e. The van der Waals surface area contributed by atoms with Crippen molar-refractivity contribution in [2.24, 2.45) is 0 Å². The van der Waals surface area contributed by atoms with Gasteiger partial charge in [0.15, 0.2) is 0 Å². The summed E-state index contributed by atoms with van der Waals surface area (Å²) in [6.45, 7) is 6.63. The summed E-state index contributed by atoms with van der Waals surface area (Å²) in [5, 5.41) is 0. The molecule has 5 aromatic carbocycles. The van der Waals surface area contributed by atoms with E-state index < -0.39 is 0 Å². The zero-order chi connectivity index (χ0) is 33.6. The summed E-state index contributed by atoms with van der Waals surface area (Å²) in [6.07, 6.45) is 4.98. The number of hydrogen-bond donors (Lipinski definition) is 0. The SMILES string of the molecule is CC(C)(C)c1ccnc(-c2[c-]cccc2)c1.[B].[CH3-].[Ir].[Y+3].[Y].[c-]1ccc(-c2[c-]cc(-c3[c-]cccc3)[c-]n2)[c-]c1-c1nc2ccccc2n1-c1ccccc1. The molecule has 0 N–H and O–H groups in total. The van der Waals surface area contributed by atoms with Crippen molar-refractivity contribution in [2.45, 2.75) is 26.2 Å². The van der Waals surface area contributed by atoms with E-state index >= 15 is 0 Å². The Labute approximate surface area is 386 Å². The van der Waals surface area contributed by atoms with Crippen LogP contribution in [0.5, 0.6) is 0 Å². The number of imidazole rings is 1. The van der Waals surface area contributed by atoms with Crippen LogP contribution in [0.3, 0.4) is 0 Å². The smallest absolute Gasteiger partial charge is 0.391 e. The predicted molar refractivity (Wildman–Crippen MR) is 209 cm³/mol. The van der Waals surface area contributed by atoms with Crippen molar-refractivity contribution in [3.63, 3.8) is 0 Å². The monoisotopic (exact) mass is 1030 g/mol. The van der Waals surface area contributed by atoms with Gasteiger partial charge in [-0.3, -0.25) is 23.8 Å². The van der Waals surface area contributed by atoms with Crippen LogP contribution in [0.25, 0.3) is 61.8 Å². The van der Waals surface area contributed by atoms with E-state index in [-0.39, 0.29) is 107 Å². The van der Waals surface area contributed by atoms with Crippen molar-refractivity contribution in [3.8, 4) is 50.7 Å². The van der Waals surface area contributed by atoms with Crippen LogP contribution in [-0.4, -0.2) is 27.9 Å². The molecule has 0 aliphatic rings. The van der Waals surface area contributed by atoms with Gasteiger partial charge in [0.05, 0.1) is 11.0 Å². The van der Waals surface area contributed by atoms with Crippen molar-refractivity contribution in [1.82, 2.24) is 19.5 Å². The molecule has 0 saturated heterocycles. The standard InChI is InChI=1S/C30H16N3.C15H16N.CH3.B.Ir.2Y/c1-3-10-22(11-4-1)25-18-19-27(31-21-25)23-12-9-13-24(20-23)30-32-28-16-7-8-17-29(28)33(30)26-14-5-2-6-15-26;1-15(2,3)13-9-10-16-14(11-13)12-7-5-4-6-8-12;;;;;/h1-10,12,14-18H;4-7,9-11H,1-3H3;1H3;;;;/q-5;2*-1;;;;+3. The quantitative estimate of drug-likeness (QED) is 0.127. The number of rotatable bonds is 5. The Morgan fingerprint density at radius 1 is 0.667 bits per heavy atom. The number of nitrogens with zero attached hydrogens (tertiary/aromatic N) is 4. The number of benzene rings is 5. The molecule has 0 unspecified atom stereocenters. The normalized spacial score (nSPS) is 10.1. The van der Waals surface area contributed by atoms with Gasteiger partial charge in [0, 0.05) is 73.1 Å². The molecule has 0 spiro atoms. The molecule has 3 heterocycles. The van der Waals surface area contributed by atoms with Crippen LogP contribution in [0.4, 0.5) is 0 Å². The van der Waals surface area contributed by atoms with Gasteiger partial charge < -0.3 is 38.6 Å². The fourth-order valence-corrected chi connectivity index (χ4v) is 5.47.